The summed E-state index contributed by atoms with van der Waals surface area (Å²) in [5.74, 6) is 0.0448. The Morgan fingerprint density at radius 3 is 1.34 bits per heavy atom. The number of carbonyl (C=O) groups is 4. The van der Waals surface area contributed by atoms with E-state index in [-0.39, 0.29) is 69.9 Å². The van der Waals surface area contributed by atoms with Gasteiger partial charge in [-0.1, -0.05) is 63.4 Å². The molecular weight excluding hydrogens is 837 g/mol. The van der Waals surface area contributed by atoms with Crippen molar-refractivity contribution < 1.29 is 48.7 Å². The van der Waals surface area contributed by atoms with E-state index in [4.69, 9.17) is 19.4 Å². The normalized spacial score (nSPS) is 17.5. The lowest BCUT2D eigenvalue weighted by atomic mass is 9.99. The van der Waals surface area contributed by atoms with Crippen LogP contribution in [0.5, 0.6) is 0 Å². The second-order valence-electron chi connectivity index (χ2n) is 14.9. The zero-order valence-corrected chi connectivity index (χ0v) is 35.9. The van der Waals surface area contributed by atoms with Gasteiger partial charge < -0.3 is 50.1 Å². The van der Waals surface area contributed by atoms with Crippen LogP contribution < -0.4 is 10.6 Å². The van der Waals surface area contributed by atoms with E-state index in [2.05, 4.69) is 45.3 Å². The van der Waals surface area contributed by atoms with E-state index in [1.54, 1.807) is 12.4 Å². The maximum absolute atomic E-state index is 13.1. The molecule has 2 aromatic carbocycles. The molecule has 0 unspecified atom stereocenters. The van der Waals surface area contributed by atoms with Gasteiger partial charge in [0.05, 0.1) is 79.7 Å². The number of aromatic amines is 2. The number of nitrogens with zero attached hydrogens (tertiary/aromatic N) is 4. The Balaban J connectivity index is 0.000000284. The largest absolute Gasteiger partial charge is 0.481 e. The monoisotopic (exact) mass is 898 g/mol. The number of aromatic nitrogens is 6. The molecule has 0 spiro atoms. The second-order valence-corrected chi connectivity index (χ2v) is 14.9. The molecule has 6 aromatic rings. The number of anilines is 2. The molecule has 0 saturated carbocycles. The summed E-state index contributed by atoms with van der Waals surface area (Å²) in [7, 11) is 1.35. The minimum atomic E-state index is -0.833. The smallest absolute Gasteiger partial charge is 0.302 e. The number of carbonyl (C=O) groups excluding carboxylic acids is 3. The number of aryl methyl sites for hydroxylation is 2. The molecule has 0 amide bonds. The highest BCUT2D eigenvalue weighted by molar-refractivity contribution is 6.19. The van der Waals surface area contributed by atoms with Crippen molar-refractivity contribution in [3.8, 4) is 0 Å². The number of rotatable bonds is 10. The molecule has 7 N–H and O–H groups in total. The van der Waals surface area contributed by atoms with Crippen LogP contribution in [0.4, 0.5) is 11.6 Å². The first-order chi connectivity index (χ1) is 30.3. The third-order valence-electron chi connectivity index (χ3n) is 10.3. The lowest BCUT2D eigenvalue weighted by Gasteiger charge is -2.29. The van der Waals surface area contributed by atoms with Crippen LogP contribution in [0.25, 0.3) is 22.1 Å². The number of ketones is 2. The summed E-state index contributed by atoms with van der Waals surface area (Å²) >= 11 is 0. The van der Waals surface area contributed by atoms with Crippen molar-refractivity contribution in [3.63, 3.8) is 0 Å². The number of hydrogen-bond acceptors (Lipinski definition) is 15. The maximum Gasteiger partial charge on any atom is 0.302 e. The van der Waals surface area contributed by atoms with Crippen molar-refractivity contribution in [3.05, 3.63) is 107 Å². The van der Waals surface area contributed by atoms with Gasteiger partial charge in [-0.15, -0.1) is 0 Å². The number of carboxylic acid groups (broad SMARTS) is 1. The predicted octanol–water partition coefficient (Wildman–Crippen LogP) is 6.44. The minimum absolute atomic E-state index is 0. The molecule has 65 heavy (non-hydrogen) atoms. The summed E-state index contributed by atoms with van der Waals surface area (Å²) in [5, 5.41) is 34.0. The lowest BCUT2D eigenvalue weighted by molar-refractivity contribution is -0.138. The summed E-state index contributed by atoms with van der Waals surface area (Å²) < 4.78 is 15.4. The number of nitrogens with one attached hydrogen (secondary N) is 4. The lowest BCUT2D eigenvalue weighted by Crippen LogP contribution is -2.36. The Kier molecular flexibility index (Phi) is 20.8. The van der Waals surface area contributed by atoms with Crippen molar-refractivity contribution in [1.29, 1.82) is 0 Å². The predicted molar refractivity (Wildman–Crippen MR) is 248 cm³/mol. The molecule has 6 heterocycles. The fourth-order valence-corrected chi connectivity index (χ4v) is 6.96. The molecule has 4 atom stereocenters. The Bertz CT molecular complexity index is 2310. The van der Waals surface area contributed by atoms with Crippen LogP contribution in [0.1, 0.15) is 97.4 Å². The molecule has 18 nitrogen and oxygen atoms in total. The zero-order chi connectivity index (χ0) is 45.5. The van der Waals surface area contributed by atoms with E-state index < -0.39 is 5.97 Å². The first kappa shape index (κ1) is 52.7. The topological polar surface area (TPSA) is 264 Å². The maximum atomic E-state index is 13.1. The van der Waals surface area contributed by atoms with Gasteiger partial charge >= 0.3 is 5.97 Å². The molecule has 0 aliphatic carbocycles. The fraction of sp³-hybridized carbons (Fsp3) is 0.404. The van der Waals surface area contributed by atoms with Crippen LogP contribution >= 0.6 is 0 Å². The van der Waals surface area contributed by atoms with E-state index in [9.17, 15) is 24.6 Å². The van der Waals surface area contributed by atoms with E-state index in [1.165, 1.54) is 26.7 Å². The molecule has 0 bridgehead atoms. The van der Waals surface area contributed by atoms with E-state index in [0.717, 1.165) is 43.7 Å². The Hall–Kier alpha value is -6.60. The third kappa shape index (κ3) is 14.2. The summed E-state index contributed by atoms with van der Waals surface area (Å²) in [6.45, 7) is 7.35. The molecule has 2 fully saturated rings. The summed E-state index contributed by atoms with van der Waals surface area (Å²) in [6, 6.07) is 15.2. The fourth-order valence-electron chi connectivity index (χ4n) is 6.96. The van der Waals surface area contributed by atoms with Gasteiger partial charge in [0.15, 0.2) is 11.6 Å². The summed E-state index contributed by atoms with van der Waals surface area (Å²) in [5.41, 5.74) is 5.53. The minimum Gasteiger partial charge on any atom is -0.481 e. The van der Waals surface area contributed by atoms with Crippen molar-refractivity contribution in [2.45, 2.75) is 92.5 Å². The number of esters is 1. The molecule has 8 rings (SSSR count). The van der Waals surface area contributed by atoms with Gasteiger partial charge in [0.25, 0.3) is 5.97 Å². The van der Waals surface area contributed by atoms with Crippen LogP contribution in [0.3, 0.4) is 0 Å². The standard InChI is InChI=1S/2C20H22N4O3.C3H6O2.C2H4O2.2CH4/c2*1-12-4-2-3-5-15(12)18(26)16-8-21-19-17(16)20(23-11-22-19)24-13-6-7-14(9-25)27-10-13;1-3(4)5-2;1-2(3)4;;/h2*2-5,8,11,13-14,25H,6-7,9-10H2,1H3,(H2,21,22,23,24);1-2H3;1H3,(H,3,4);2*1H4/t2*13-,14+;;;;/m11..../s1. The molecule has 2 aliphatic heterocycles. The first-order valence-electron chi connectivity index (χ1n) is 20.4. The van der Waals surface area contributed by atoms with Crippen LogP contribution in [0.2, 0.25) is 0 Å². The molecule has 4 aromatic heterocycles. The number of carboxylic acids is 1. The van der Waals surface area contributed by atoms with Crippen molar-refractivity contribution in [1.82, 2.24) is 29.9 Å². The van der Waals surface area contributed by atoms with Gasteiger partial charge in [0, 0.05) is 37.4 Å². The van der Waals surface area contributed by atoms with E-state index >= 15 is 0 Å². The Labute approximate surface area is 378 Å². The van der Waals surface area contributed by atoms with Crippen molar-refractivity contribution >= 4 is 57.2 Å². The average Bonchev–Trinajstić information content (AvgIpc) is 3.94. The number of benzene rings is 2. The van der Waals surface area contributed by atoms with Gasteiger partial charge in [-0.2, -0.15) is 0 Å². The zero-order valence-electron chi connectivity index (χ0n) is 35.9. The number of H-pyrrole nitrogens is 2. The van der Waals surface area contributed by atoms with E-state index in [1.807, 2.05) is 62.4 Å². The van der Waals surface area contributed by atoms with Crippen LogP contribution in [-0.4, -0.2) is 127 Å². The van der Waals surface area contributed by atoms with E-state index in [0.29, 0.717) is 69.2 Å². The Morgan fingerprint density at radius 2 is 1.03 bits per heavy atom. The summed E-state index contributed by atoms with van der Waals surface area (Å²) in [6.07, 6.45) is 9.43. The molecule has 18 heteroatoms. The van der Waals surface area contributed by atoms with Gasteiger partial charge in [-0.05, 0) is 50.7 Å². The van der Waals surface area contributed by atoms with Crippen LogP contribution in [0.15, 0.2) is 73.6 Å². The van der Waals surface area contributed by atoms with Gasteiger partial charge in [0.2, 0.25) is 0 Å². The average molecular weight is 899 g/mol. The second kappa shape index (κ2) is 25.6. The highest BCUT2D eigenvalue weighted by atomic mass is 16.5. The number of methoxy groups -OCH3 is 1. The SMILES string of the molecule is C.C.CC(=O)O.COC(C)=O.Cc1ccccc1C(=O)c1c[nH]c2ncnc(N[C@@H]3CC[C@@H](CO)OC3)c12.Cc1ccccc1C(=O)c1c[nH]c2ncnc(N[C@@H]3CC[C@@H](CO)OC3)c12. The van der Waals surface area contributed by atoms with Crippen LogP contribution in [0, 0.1) is 13.8 Å². The number of fused-ring (bicyclic) bond motifs is 2. The quantitative estimate of drug-likeness (QED) is 0.0576. The number of aliphatic carboxylic acids is 1. The number of aliphatic hydroxyl groups excluding tert-OH is 2. The van der Waals surface area contributed by atoms with Crippen molar-refractivity contribution in [2.24, 2.45) is 0 Å². The molecule has 2 saturated heterocycles. The van der Waals surface area contributed by atoms with Gasteiger partial charge in [0.1, 0.15) is 35.6 Å². The summed E-state index contributed by atoms with van der Waals surface area (Å²) in [4.78, 5) is 68.2. The molecular formula is C47H62N8O10. The Morgan fingerprint density at radius 1 is 0.662 bits per heavy atom. The van der Waals surface area contributed by atoms with Gasteiger partial charge in [-0.3, -0.25) is 19.2 Å². The molecule has 350 valence electrons. The van der Waals surface area contributed by atoms with Gasteiger partial charge in [-0.25, -0.2) is 19.9 Å². The van der Waals surface area contributed by atoms with Crippen molar-refractivity contribution in [2.75, 3.05) is 44.2 Å². The highest BCUT2D eigenvalue weighted by Crippen LogP contribution is 2.30. The number of hydrogen-bond donors (Lipinski definition) is 7. The third-order valence-corrected chi connectivity index (χ3v) is 10.3. The highest BCUT2D eigenvalue weighted by Gasteiger charge is 2.26. The number of ether oxygens (including phenoxy) is 3. The molecule has 0 radical (unpaired) electrons. The first-order valence-corrected chi connectivity index (χ1v) is 20.4. The van der Waals surface area contributed by atoms with Crippen LogP contribution in [-0.2, 0) is 23.8 Å². The molecule has 2 aliphatic rings. The number of aliphatic hydroxyl groups is 2.